The molecule has 0 aliphatic heterocycles. The Morgan fingerprint density at radius 3 is 1.63 bits per heavy atom. The minimum absolute atomic E-state index is 1.17. The SMILES string of the molecule is CCCCCCCCC[n+]1ccc(C)cc1.F[B-](F)(F)C(F)(F)C(F)(F)F. The molecule has 0 N–H and O–H groups in total. The number of unbranched alkanes of at least 4 members (excludes halogenated alkanes) is 6. The fourth-order valence-electron chi connectivity index (χ4n) is 2.12. The van der Waals surface area contributed by atoms with Gasteiger partial charge in [-0.05, 0) is 18.9 Å². The summed E-state index contributed by atoms with van der Waals surface area (Å²) in [4.78, 5) is 0. The molecule has 1 rings (SSSR count). The summed E-state index contributed by atoms with van der Waals surface area (Å²) in [7, 11) is 0. The lowest BCUT2D eigenvalue weighted by Crippen LogP contribution is -2.53. The van der Waals surface area contributed by atoms with Crippen molar-refractivity contribution in [3.63, 3.8) is 0 Å². The molecule has 0 atom stereocenters. The molecule has 0 aliphatic carbocycles. The van der Waals surface area contributed by atoms with Crippen LogP contribution < -0.4 is 4.57 Å². The molecule has 1 aromatic rings. The summed E-state index contributed by atoms with van der Waals surface area (Å²) in [6.07, 6.45) is 7.54. The quantitative estimate of drug-likeness (QED) is 0.188. The van der Waals surface area contributed by atoms with E-state index in [1.807, 2.05) is 0 Å². The second kappa shape index (κ2) is 11.5. The molecule has 0 unspecified atom stereocenters. The van der Waals surface area contributed by atoms with E-state index in [2.05, 4.69) is 42.9 Å². The number of halogens is 8. The zero-order chi connectivity index (χ0) is 21.1. The van der Waals surface area contributed by atoms with E-state index in [1.54, 1.807) is 0 Å². The molecule has 0 saturated heterocycles. The van der Waals surface area contributed by atoms with Crippen LogP contribution in [0.3, 0.4) is 0 Å². The molecule has 0 aromatic carbocycles. The molecule has 10 heteroatoms. The van der Waals surface area contributed by atoms with E-state index >= 15 is 0 Å². The number of nitrogens with zero attached hydrogens (tertiary/aromatic N) is 1. The van der Waals surface area contributed by atoms with Gasteiger partial charge in [-0.1, -0.05) is 39.0 Å². The van der Waals surface area contributed by atoms with Crippen LogP contribution in [0.1, 0.15) is 57.4 Å². The second-order valence-corrected chi connectivity index (χ2v) is 6.43. The maximum Gasteiger partial charge on any atom is 0.558 e. The number of alkyl halides is 5. The summed E-state index contributed by atoms with van der Waals surface area (Å²) < 4.78 is 90.1. The van der Waals surface area contributed by atoms with E-state index in [0.29, 0.717) is 0 Å². The van der Waals surface area contributed by atoms with Crippen LogP contribution in [-0.4, -0.2) is 19.0 Å². The van der Waals surface area contributed by atoms with Gasteiger partial charge in [0.15, 0.2) is 12.4 Å². The highest BCUT2D eigenvalue weighted by molar-refractivity contribution is 6.61. The van der Waals surface area contributed by atoms with Crippen LogP contribution >= 0.6 is 0 Å². The van der Waals surface area contributed by atoms with Gasteiger partial charge in [0.05, 0.1) is 0 Å². The van der Waals surface area contributed by atoms with E-state index in [-0.39, 0.29) is 0 Å². The van der Waals surface area contributed by atoms with Crippen molar-refractivity contribution in [3.8, 4) is 0 Å². The summed E-state index contributed by atoms with van der Waals surface area (Å²) in [5, 5.41) is 0. The van der Waals surface area contributed by atoms with E-state index in [1.165, 1.54) is 57.1 Å². The average molecular weight is 407 g/mol. The van der Waals surface area contributed by atoms with Crippen LogP contribution in [0.15, 0.2) is 24.5 Å². The zero-order valence-corrected chi connectivity index (χ0v) is 15.5. The third kappa shape index (κ3) is 9.95. The van der Waals surface area contributed by atoms with Crippen molar-refractivity contribution in [2.24, 2.45) is 0 Å². The maximum atomic E-state index is 11.2. The number of aromatic nitrogens is 1. The molecule has 1 aromatic heterocycles. The van der Waals surface area contributed by atoms with Gasteiger partial charge in [0.1, 0.15) is 6.54 Å². The summed E-state index contributed by atoms with van der Waals surface area (Å²) in [6, 6.07) is 4.36. The predicted octanol–water partition coefficient (Wildman–Crippen LogP) is 6.60. The van der Waals surface area contributed by atoms with Gasteiger partial charge in [-0.25, -0.2) is 13.3 Å². The Morgan fingerprint density at radius 2 is 1.26 bits per heavy atom. The standard InChI is InChI=1S/C15H26N.C2BF8/c1-3-4-5-6-7-8-9-12-16-13-10-15(2)11-14-16;4-1(5,2(6,7)8)3(9,10)11/h10-11,13-14H,3-9,12H2,1-2H3;/q+1;-1. The highest BCUT2D eigenvalue weighted by Gasteiger charge is 2.69. The van der Waals surface area contributed by atoms with Gasteiger partial charge in [0.2, 0.25) is 0 Å². The van der Waals surface area contributed by atoms with Crippen molar-refractivity contribution in [2.45, 2.75) is 77.3 Å². The van der Waals surface area contributed by atoms with Crippen LogP contribution in [0.5, 0.6) is 0 Å². The Morgan fingerprint density at radius 1 is 0.815 bits per heavy atom. The van der Waals surface area contributed by atoms with Crippen LogP contribution in [0, 0.1) is 6.92 Å². The van der Waals surface area contributed by atoms with Gasteiger partial charge in [0.25, 0.3) is 0 Å². The van der Waals surface area contributed by atoms with E-state index < -0.39 is 19.0 Å². The third-order valence-electron chi connectivity index (χ3n) is 3.87. The first-order chi connectivity index (χ1) is 12.3. The lowest BCUT2D eigenvalue weighted by Gasteiger charge is -2.28. The molecule has 0 amide bonds. The Kier molecular flexibility index (Phi) is 10.9. The largest absolute Gasteiger partial charge is 0.558 e. The van der Waals surface area contributed by atoms with Gasteiger partial charge in [-0.3, -0.25) is 0 Å². The van der Waals surface area contributed by atoms with Crippen molar-refractivity contribution in [2.75, 3.05) is 0 Å². The Bertz CT molecular complexity index is 495. The minimum atomic E-state index is -7.21. The van der Waals surface area contributed by atoms with Crippen molar-refractivity contribution < 1.29 is 39.5 Å². The van der Waals surface area contributed by atoms with Crippen molar-refractivity contribution in [1.29, 1.82) is 0 Å². The molecule has 0 saturated carbocycles. The van der Waals surface area contributed by atoms with Crippen molar-refractivity contribution in [1.82, 2.24) is 0 Å². The molecular formula is C17H26BF8N. The first kappa shape index (κ1) is 25.7. The molecule has 0 bridgehead atoms. The zero-order valence-electron chi connectivity index (χ0n) is 15.5. The number of pyridine rings is 1. The summed E-state index contributed by atoms with van der Waals surface area (Å²) in [5.41, 5.74) is 1.34. The fourth-order valence-corrected chi connectivity index (χ4v) is 2.12. The van der Waals surface area contributed by atoms with Crippen LogP contribution in [-0.2, 0) is 6.54 Å². The molecule has 0 radical (unpaired) electrons. The summed E-state index contributed by atoms with van der Waals surface area (Å²) >= 11 is 0. The molecule has 0 spiro atoms. The average Bonchev–Trinajstić information content (AvgIpc) is 2.54. The molecule has 27 heavy (non-hydrogen) atoms. The molecule has 1 heterocycles. The van der Waals surface area contributed by atoms with Crippen molar-refractivity contribution in [3.05, 3.63) is 30.1 Å². The topological polar surface area (TPSA) is 3.88 Å². The van der Waals surface area contributed by atoms with Crippen LogP contribution in [0.4, 0.5) is 34.9 Å². The second-order valence-electron chi connectivity index (χ2n) is 6.43. The predicted molar refractivity (Wildman–Crippen MR) is 89.4 cm³/mol. The van der Waals surface area contributed by atoms with Gasteiger partial charge in [-0.2, -0.15) is 13.2 Å². The lowest BCUT2D eigenvalue weighted by atomic mass is 9.80. The Balaban J connectivity index is 0.000000541. The van der Waals surface area contributed by atoms with Gasteiger partial charge in [-0.15, -0.1) is 0 Å². The van der Waals surface area contributed by atoms with Crippen LogP contribution in [0.2, 0.25) is 0 Å². The molecule has 158 valence electrons. The third-order valence-corrected chi connectivity index (χ3v) is 3.87. The van der Waals surface area contributed by atoms with Crippen molar-refractivity contribution >= 4 is 6.98 Å². The number of hydrogen-bond acceptors (Lipinski definition) is 0. The van der Waals surface area contributed by atoms with Gasteiger partial charge in [0, 0.05) is 18.6 Å². The Hall–Kier alpha value is -1.35. The van der Waals surface area contributed by atoms with Gasteiger partial charge < -0.3 is 12.9 Å². The first-order valence-corrected chi connectivity index (χ1v) is 8.92. The van der Waals surface area contributed by atoms with Gasteiger partial charge >= 0.3 is 19.0 Å². The van der Waals surface area contributed by atoms with E-state index in [4.69, 9.17) is 0 Å². The minimum Gasteiger partial charge on any atom is -0.445 e. The smallest absolute Gasteiger partial charge is 0.445 e. The fraction of sp³-hybridized carbons (Fsp3) is 0.706. The molecule has 0 aliphatic rings. The molecule has 1 nitrogen and oxygen atoms in total. The van der Waals surface area contributed by atoms with Crippen LogP contribution in [0.25, 0.3) is 0 Å². The maximum absolute atomic E-state index is 11.2. The molecule has 0 fully saturated rings. The molecular weight excluding hydrogens is 381 g/mol. The van der Waals surface area contributed by atoms with E-state index in [0.717, 1.165) is 0 Å². The summed E-state index contributed by atoms with van der Waals surface area (Å²) in [5.74, 6) is -6.56. The number of hydrogen-bond donors (Lipinski definition) is 0. The normalized spacial score (nSPS) is 12.5. The highest BCUT2D eigenvalue weighted by atomic mass is 19.4. The summed E-state index contributed by atoms with van der Waals surface area (Å²) in [6.45, 7) is -1.62. The number of rotatable bonds is 9. The monoisotopic (exact) mass is 407 g/mol. The lowest BCUT2D eigenvalue weighted by molar-refractivity contribution is -0.697. The highest BCUT2D eigenvalue weighted by Crippen LogP contribution is 2.44. The number of aryl methyl sites for hydroxylation is 2. The van der Waals surface area contributed by atoms with E-state index in [9.17, 15) is 34.9 Å². The Labute approximate surface area is 154 Å². The first-order valence-electron chi connectivity index (χ1n) is 8.92.